The van der Waals surface area contributed by atoms with Crippen LogP contribution in [0.25, 0.3) is 0 Å². The maximum atomic E-state index is 12.8. The van der Waals surface area contributed by atoms with Crippen LogP contribution in [-0.4, -0.2) is 36.2 Å². The molecule has 5 nitrogen and oxygen atoms in total. The first kappa shape index (κ1) is 26.8. The molecule has 1 heterocycles. The Balaban J connectivity index is 1.20. The molecule has 39 heavy (non-hydrogen) atoms. The molecule has 3 aromatic carbocycles. The van der Waals surface area contributed by atoms with Crippen molar-refractivity contribution in [1.82, 2.24) is 4.90 Å². The van der Waals surface area contributed by atoms with Crippen LogP contribution in [0.15, 0.2) is 84.0 Å². The quantitative estimate of drug-likeness (QED) is 0.227. The summed E-state index contributed by atoms with van der Waals surface area (Å²) < 4.78 is 44.2. The Morgan fingerprint density at radius 2 is 1.51 bits per heavy atom. The summed E-state index contributed by atoms with van der Waals surface area (Å²) in [5.74, 6) is 0.602. The first-order valence-corrected chi connectivity index (χ1v) is 13.2. The van der Waals surface area contributed by atoms with Crippen LogP contribution in [0, 0.1) is 5.41 Å². The van der Waals surface area contributed by atoms with E-state index in [4.69, 9.17) is 9.57 Å². The molecule has 0 unspecified atom stereocenters. The average Bonchev–Trinajstić information content (AvgIpc) is 3.70. The number of hydrogen-bond donors (Lipinski definition) is 0. The predicted molar refractivity (Wildman–Crippen MR) is 142 cm³/mol. The molecule has 1 amide bonds. The second-order valence-corrected chi connectivity index (χ2v) is 10.4. The number of nitrogens with zero attached hydrogens (tertiary/aromatic N) is 2. The van der Waals surface area contributed by atoms with Crippen molar-refractivity contribution in [2.75, 3.05) is 19.7 Å². The van der Waals surface area contributed by atoms with Gasteiger partial charge in [-0.25, -0.2) is 0 Å². The van der Waals surface area contributed by atoms with E-state index >= 15 is 0 Å². The van der Waals surface area contributed by atoms with Gasteiger partial charge in [-0.15, -0.1) is 0 Å². The van der Waals surface area contributed by atoms with Crippen molar-refractivity contribution in [1.29, 1.82) is 0 Å². The fraction of sp³-hybridized carbons (Fsp3) is 0.355. The highest BCUT2D eigenvalue weighted by molar-refractivity contribution is 6.01. The van der Waals surface area contributed by atoms with Gasteiger partial charge < -0.3 is 14.5 Å². The molecule has 0 bridgehead atoms. The lowest BCUT2D eigenvalue weighted by atomic mass is 9.94. The molecule has 2 aliphatic rings. The molecule has 1 saturated carbocycles. The number of halogens is 3. The van der Waals surface area contributed by atoms with Crippen molar-refractivity contribution < 1.29 is 27.5 Å². The lowest BCUT2D eigenvalue weighted by Gasteiger charge is -2.32. The van der Waals surface area contributed by atoms with E-state index in [9.17, 15) is 18.0 Å². The number of rotatable bonds is 9. The van der Waals surface area contributed by atoms with Crippen molar-refractivity contribution in [2.45, 2.75) is 44.9 Å². The fourth-order valence-electron chi connectivity index (χ4n) is 4.84. The van der Waals surface area contributed by atoms with Crippen LogP contribution in [0.4, 0.5) is 13.2 Å². The van der Waals surface area contributed by atoms with E-state index in [1.165, 1.54) is 25.0 Å². The maximum Gasteiger partial charge on any atom is 0.416 e. The van der Waals surface area contributed by atoms with Crippen LogP contribution in [0.2, 0.25) is 0 Å². The van der Waals surface area contributed by atoms with E-state index in [0.29, 0.717) is 28.9 Å². The van der Waals surface area contributed by atoms with Gasteiger partial charge in [0.1, 0.15) is 12.4 Å². The van der Waals surface area contributed by atoms with Crippen molar-refractivity contribution in [3.63, 3.8) is 0 Å². The van der Waals surface area contributed by atoms with Crippen LogP contribution in [0.5, 0.6) is 5.75 Å². The molecule has 1 spiro atoms. The van der Waals surface area contributed by atoms with E-state index in [0.717, 1.165) is 49.2 Å². The molecule has 1 aliphatic carbocycles. The highest BCUT2D eigenvalue weighted by Gasteiger charge is 2.45. The van der Waals surface area contributed by atoms with Crippen molar-refractivity contribution in [3.8, 4) is 5.75 Å². The summed E-state index contributed by atoms with van der Waals surface area (Å²) >= 11 is 0. The van der Waals surface area contributed by atoms with E-state index in [-0.39, 0.29) is 19.1 Å². The van der Waals surface area contributed by atoms with Gasteiger partial charge in [0, 0.05) is 19.5 Å². The first-order valence-electron chi connectivity index (χ1n) is 13.2. The number of amides is 1. The molecule has 2 fully saturated rings. The van der Waals surface area contributed by atoms with E-state index in [1.807, 2.05) is 47.4 Å². The third kappa shape index (κ3) is 7.19. The summed E-state index contributed by atoms with van der Waals surface area (Å²) in [5.41, 5.74) is 2.92. The Hall–Kier alpha value is -3.81. The van der Waals surface area contributed by atoms with Crippen molar-refractivity contribution >= 4 is 11.6 Å². The van der Waals surface area contributed by atoms with Gasteiger partial charge in [0.05, 0.1) is 11.3 Å². The third-order valence-electron chi connectivity index (χ3n) is 7.59. The highest BCUT2D eigenvalue weighted by Crippen LogP contribution is 2.53. The zero-order valence-corrected chi connectivity index (χ0v) is 21.6. The minimum absolute atomic E-state index is 0.00749. The van der Waals surface area contributed by atoms with Gasteiger partial charge in [-0.2, -0.15) is 13.2 Å². The molecule has 0 atom stereocenters. The Labute approximate surface area is 226 Å². The van der Waals surface area contributed by atoms with Crippen LogP contribution >= 0.6 is 0 Å². The molecule has 0 N–H and O–H groups in total. The van der Waals surface area contributed by atoms with Crippen LogP contribution in [0.1, 0.15) is 47.9 Å². The summed E-state index contributed by atoms with van der Waals surface area (Å²) in [7, 11) is 0. The highest BCUT2D eigenvalue weighted by atomic mass is 19.4. The lowest BCUT2D eigenvalue weighted by molar-refractivity contribution is -0.137. The van der Waals surface area contributed by atoms with E-state index in [1.54, 1.807) is 12.1 Å². The minimum Gasteiger partial charge on any atom is -0.484 e. The number of oxime groups is 1. The Morgan fingerprint density at radius 1 is 0.846 bits per heavy atom. The summed E-state index contributed by atoms with van der Waals surface area (Å²) in [6.07, 6.45) is 0.913. The molecular weight excluding hydrogens is 505 g/mol. The largest absolute Gasteiger partial charge is 0.484 e. The summed E-state index contributed by atoms with van der Waals surface area (Å²) in [6.45, 7) is 1.67. The number of carbonyl (C=O) groups is 1. The average molecular weight is 537 g/mol. The monoisotopic (exact) mass is 536 g/mol. The van der Waals surface area contributed by atoms with Crippen LogP contribution in [0.3, 0.4) is 0 Å². The number of alkyl halides is 3. The van der Waals surface area contributed by atoms with Crippen molar-refractivity contribution in [3.05, 3.63) is 101 Å². The van der Waals surface area contributed by atoms with E-state index < -0.39 is 11.7 Å². The molecular formula is C31H31F3N2O3. The molecule has 204 valence electrons. The smallest absolute Gasteiger partial charge is 0.416 e. The molecule has 1 aliphatic heterocycles. The van der Waals surface area contributed by atoms with Gasteiger partial charge in [-0.05, 0) is 84.2 Å². The molecule has 8 heteroatoms. The lowest BCUT2D eigenvalue weighted by Crippen LogP contribution is -2.41. The SMILES string of the molecule is O=C(COc1ccc(/C(Cc2ccccc2)=N/OCc2ccc(C(F)(F)F)cc2)cc1)N1CCC2(CC1)CC2. The predicted octanol–water partition coefficient (Wildman–Crippen LogP) is 6.65. The van der Waals surface area contributed by atoms with Gasteiger partial charge in [0.25, 0.3) is 5.91 Å². The molecule has 3 aromatic rings. The Bertz CT molecular complexity index is 1280. The Morgan fingerprint density at radius 3 is 2.13 bits per heavy atom. The van der Waals surface area contributed by atoms with Gasteiger partial charge in [0.2, 0.25) is 0 Å². The minimum atomic E-state index is -4.38. The van der Waals surface area contributed by atoms with Gasteiger partial charge in [-0.3, -0.25) is 4.79 Å². The van der Waals surface area contributed by atoms with Crippen molar-refractivity contribution in [2.24, 2.45) is 10.6 Å². The number of carbonyl (C=O) groups excluding carboxylic acids is 1. The summed E-state index contributed by atoms with van der Waals surface area (Å²) in [4.78, 5) is 20.0. The number of likely N-dealkylation sites (tertiary alicyclic amines) is 1. The number of piperidine rings is 1. The topological polar surface area (TPSA) is 51.1 Å². The standard InChI is InChI=1S/C31H31F3N2O3/c32-31(33,34)26-10-6-24(7-11-26)21-39-35-28(20-23-4-2-1-3-5-23)25-8-12-27(13-9-25)38-22-29(37)36-18-16-30(14-15-30)17-19-36/h1-13H,14-22H2/b35-28+. The van der Waals surface area contributed by atoms with Crippen LogP contribution < -0.4 is 4.74 Å². The molecule has 5 rings (SSSR count). The Kier molecular flexibility index (Phi) is 7.91. The third-order valence-corrected chi connectivity index (χ3v) is 7.59. The zero-order valence-electron chi connectivity index (χ0n) is 21.6. The number of ether oxygens (including phenoxy) is 1. The number of hydrogen-bond acceptors (Lipinski definition) is 4. The summed E-state index contributed by atoms with van der Waals surface area (Å²) in [6, 6.07) is 21.9. The molecule has 0 aromatic heterocycles. The fourth-order valence-corrected chi connectivity index (χ4v) is 4.84. The second kappa shape index (κ2) is 11.5. The van der Waals surface area contributed by atoms with Gasteiger partial charge in [0.15, 0.2) is 6.61 Å². The van der Waals surface area contributed by atoms with Gasteiger partial charge >= 0.3 is 6.18 Å². The number of benzene rings is 3. The maximum absolute atomic E-state index is 12.8. The van der Waals surface area contributed by atoms with Gasteiger partial charge in [-0.1, -0.05) is 47.6 Å². The summed E-state index contributed by atoms with van der Waals surface area (Å²) in [5, 5.41) is 4.33. The van der Waals surface area contributed by atoms with Crippen LogP contribution in [-0.2, 0) is 28.8 Å². The first-order chi connectivity index (χ1) is 18.8. The van der Waals surface area contributed by atoms with E-state index in [2.05, 4.69) is 5.16 Å². The second-order valence-electron chi connectivity index (χ2n) is 10.4. The molecule has 0 radical (unpaired) electrons. The normalized spacial score (nSPS) is 16.7. The zero-order chi connectivity index (χ0) is 27.3. The molecule has 1 saturated heterocycles.